The number of piperidine rings is 1. The van der Waals surface area contributed by atoms with Crippen LogP contribution in [0.1, 0.15) is 36.5 Å². The number of rotatable bonds is 3. The Morgan fingerprint density at radius 3 is 2.79 bits per heavy atom. The number of carbonyl (C=O) groups is 1. The number of ether oxygens (including phenoxy) is 1. The molecule has 1 aromatic carbocycles. The maximum absolute atomic E-state index is 12.3. The second kappa shape index (κ2) is 8.03. The molecule has 0 bridgehead atoms. The summed E-state index contributed by atoms with van der Waals surface area (Å²) < 4.78 is 6.62. The van der Waals surface area contributed by atoms with Crippen LogP contribution in [0.15, 0.2) is 36.5 Å². The number of nitrogens with one attached hydrogen (secondary N) is 1. The lowest BCUT2D eigenvalue weighted by atomic mass is 9.90. The van der Waals surface area contributed by atoms with Gasteiger partial charge in [0.25, 0.3) is 0 Å². The predicted molar refractivity (Wildman–Crippen MR) is 114 cm³/mol. The van der Waals surface area contributed by atoms with Gasteiger partial charge in [-0.05, 0) is 19.1 Å². The molecule has 0 radical (unpaired) electrons. The molecule has 154 valence electrons. The van der Waals surface area contributed by atoms with Crippen molar-refractivity contribution in [3.8, 4) is 5.75 Å². The molecule has 1 spiro atoms. The Kier molecular flexibility index (Phi) is 5.46. The number of pyridine rings is 1. The zero-order valence-electron chi connectivity index (χ0n) is 17.6. The highest BCUT2D eigenvalue weighted by atomic mass is 16.5. The highest BCUT2D eigenvalue weighted by Crippen LogP contribution is 2.36. The molecular weight excluding hydrogens is 364 g/mol. The lowest BCUT2D eigenvalue weighted by Gasteiger charge is -2.42. The number of aryl methyl sites for hydroxylation is 1. The summed E-state index contributed by atoms with van der Waals surface area (Å²) >= 11 is 0. The molecule has 2 aliphatic heterocycles. The fraction of sp³-hybridized carbons (Fsp3) is 0.478. The van der Waals surface area contributed by atoms with Gasteiger partial charge in [-0.25, -0.2) is 4.98 Å². The van der Waals surface area contributed by atoms with Crippen LogP contribution in [-0.4, -0.2) is 53.0 Å². The van der Waals surface area contributed by atoms with E-state index in [0.29, 0.717) is 13.1 Å². The molecule has 1 fully saturated rings. The van der Waals surface area contributed by atoms with Crippen LogP contribution in [0.3, 0.4) is 0 Å². The SMILES string of the molecule is CNc1ncccc1CN1CCC2(CC1)CN(C(C)=O)Cc1cc(C)ccc1O2. The molecule has 29 heavy (non-hydrogen) atoms. The molecule has 2 aliphatic rings. The normalized spacial score (nSPS) is 18.7. The molecule has 6 heteroatoms. The topological polar surface area (TPSA) is 57.7 Å². The van der Waals surface area contributed by atoms with E-state index in [4.69, 9.17) is 4.74 Å². The summed E-state index contributed by atoms with van der Waals surface area (Å²) in [5, 5.41) is 3.18. The van der Waals surface area contributed by atoms with Crippen LogP contribution >= 0.6 is 0 Å². The van der Waals surface area contributed by atoms with Gasteiger partial charge in [-0.3, -0.25) is 9.69 Å². The molecule has 0 unspecified atom stereocenters. The number of amides is 1. The number of carbonyl (C=O) groups excluding carboxylic acids is 1. The number of benzene rings is 1. The van der Waals surface area contributed by atoms with Crippen molar-refractivity contribution in [3.63, 3.8) is 0 Å². The van der Waals surface area contributed by atoms with E-state index in [-0.39, 0.29) is 11.5 Å². The quantitative estimate of drug-likeness (QED) is 0.866. The van der Waals surface area contributed by atoms with Crippen LogP contribution in [0.25, 0.3) is 0 Å². The van der Waals surface area contributed by atoms with E-state index in [1.807, 2.05) is 24.2 Å². The van der Waals surface area contributed by atoms with E-state index >= 15 is 0 Å². The summed E-state index contributed by atoms with van der Waals surface area (Å²) in [5.41, 5.74) is 3.19. The molecule has 3 heterocycles. The fourth-order valence-corrected chi connectivity index (χ4v) is 4.44. The van der Waals surface area contributed by atoms with Crippen molar-refractivity contribution in [2.45, 2.75) is 45.4 Å². The zero-order valence-corrected chi connectivity index (χ0v) is 17.6. The van der Waals surface area contributed by atoms with Crippen molar-refractivity contribution >= 4 is 11.7 Å². The molecule has 1 saturated heterocycles. The summed E-state index contributed by atoms with van der Waals surface area (Å²) in [6, 6.07) is 10.4. The monoisotopic (exact) mass is 394 g/mol. The molecule has 1 N–H and O–H groups in total. The smallest absolute Gasteiger partial charge is 0.219 e. The van der Waals surface area contributed by atoms with E-state index in [1.54, 1.807) is 6.92 Å². The minimum absolute atomic E-state index is 0.110. The number of nitrogens with zero attached hydrogens (tertiary/aromatic N) is 3. The highest BCUT2D eigenvalue weighted by molar-refractivity contribution is 5.73. The van der Waals surface area contributed by atoms with Gasteiger partial charge in [0, 0.05) is 70.3 Å². The van der Waals surface area contributed by atoms with Gasteiger partial charge in [-0.1, -0.05) is 23.8 Å². The number of aromatic nitrogens is 1. The third kappa shape index (κ3) is 4.22. The van der Waals surface area contributed by atoms with Gasteiger partial charge >= 0.3 is 0 Å². The molecule has 6 nitrogen and oxygen atoms in total. The molecule has 4 rings (SSSR count). The Morgan fingerprint density at radius 1 is 1.28 bits per heavy atom. The lowest BCUT2D eigenvalue weighted by Crippen LogP contribution is -2.53. The summed E-state index contributed by atoms with van der Waals surface area (Å²) in [7, 11) is 1.91. The minimum atomic E-state index is -0.316. The summed E-state index contributed by atoms with van der Waals surface area (Å²) in [5.74, 6) is 1.97. The van der Waals surface area contributed by atoms with Crippen LogP contribution in [-0.2, 0) is 17.9 Å². The number of hydrogen-bond acceptors (Lipinski definition) is 5. The molecule has 0 saturated carbocycles. The van der Waals surface area contributed by atoms with E-state index in [1.165, 1.54) is 11.1 Å². The summed E-state index contributed by atoms with van der Waals surface area (Å²) in [6.07, 6.45) is 3.62. The lowest BCUT2D eigenvalue weighted by molar-refractivity contribution is -0.132. The summed E-state index contributed by atoms with van der Waals surface area (Å²) in [4.78, 5) is 21.1. The average Bonchev–Trinajstić information content (AvgIpc) is 2.87. The van der Waals surface area contributed by atoms with Crippen molar-refractivity contribution < 1.29 is 9.53 Å². The first-order valence-corrected chi connectivity index (χ1v) is 10.4. The Balaban J connectivity index is 1.51. The van der Waals surface area contributed by atoms with E-state index in [0.717, 1.165) is 49.6 Å². The predicted octanol–water partition coefficient (Wildman–Crippen LogP) is 3.21. The van der Waals surface area contributed by atoms with E-state index in [2.05, 4.69) is 46.4 Å². The van der Waals surface area contributed by atoms with Gasteiger partial charge in [0.05, 0.1) is 6.54 Å². The second-order valence-corrected chi connectivity index (χ2v) is 8.31. The van der Waals surface area contributed by atoms with Crippen LogP contribution in [0, 0.1) is 6.92 Å². The van der Waals surface area contributed by atoms with Crippen LogP contribution in [0.4, 0.5) is 5.82 Å². The molecule has 1 amide bonds. The maximum atomic E-state index is 12.3. The molecule has 0 aliphatic carbocycles. The first kappa shape index (κ1) is 19.7. The third-order valence-electron chi connectivity index (χ3n) is 6.12. The van der Waals surface area contributed by atoms with Crippen molar-refractivity contribution in [1.29, 1.82) is 0 Å². The van der Waals surface area contributed by atoms with E-state index < -0.39 is 0 Å². The Morgan fingerprint density at radius 2 is 2.07 bits per heavy atom. The molecule has 2 aromatic rings. The van der Waals surface area contributed by atoms with Gasteiger partial charge in [0.15, 0.2) is 0 Å². The van der Waals surface area contributed by atoms with Gasteiger partial charge in [0.1, 0.15) is 17.2 Å². The molecule has 0 atom stereocenters. The Hall–Kier alpha value is -2.60. The maximum Gasteiger partial charge on any atom is 0.219 e. The van der Waals surface area contributed by atoms with Crippen molar-refractivity contribution in [3.05, 3.63) is 53.2 Å². The number of fused-ring (bicyclic) bond motifs is 1. The first-order valence-electron chi connectivity index (χ1n) is 10.4. The largest absolute Gasteiger partial charge is 0.485 e. The van der Waals surface area contributed by atoms with Crippen molar-refractivity contribution in [2.75, 3.05) is 32.0 Å². The first-order chi connectivity index (χ1) is 14.0. The zero-order chi connectivity index (χ0) is 20.4. The van der Waals surface area contributed by atoms with Crippen LogP contribution in [0.2, 0.25) is 0 Å². The van der Waals surface area contributed by atoms with E-state index in [9.17, 15) is 4.79 Å². The third-order valence-corrected chi connectivity index (χ3v) is 6.12. The van der Waals surface area contributed by atoms with Gasteiger partial charge < -0.3 is 15.0 Å². The van der Waals surface area contributed by atoms with Gasteiger partial charge in [0.2, 0.25) is 5.91 Å². The molecular formula is C23H30N4O2. The number of hydrogen-bond donors (Lipinski definition) is 1. The Labute approximate surface area is 172 Å². The molecule has 1 aromatic heterocycles. The van der Waals surface area contributed by atoms with Crippen LogP contribution < -0.4 is 10.1 Å². The fourth-order valence-electron chi connectivity index (χ4n) is 4.44. The van der Waals surface area contributed by atoms with Gasteiger partial charge in [-0.15, -0.1) is 0 Å². The second-order valence-electron chi connectivity index (χ2n) is 8.31. The minimum Gasteiger partial charge on any atom is -0.485 e. The average molecular weight is 395 g/mol. The van der Waals surface area contributed by atoms with Crippen LogP contribution in [0.5, 0.6) is 5.75 Å². The van der Waals surface area contributed by atoms with Crippen molar-refractivity contribution in [2.24, 2.45) is 0 Å². The number of anilines is 1. The van der Waals surface area contributed by atoms with Gasteiger partial charge in [-0.2, -0.15) is 0 Å². The standard InChI is InChI=1S/C23H30N4O2/c1-17-6-7-21-20(13-17)15-27(18(2)28)16-23(29-21)8-11-26(12-9-23)14-19-5-4-10-25-22(19)24-3/h4-7,10,13H,8-9,11-12,14-16H2,1-3H3,(H,24,25). The Bertz CT molecular complexity index is 890. The van der Waals surface area contributed by atoms with Crippen molar-refractivity contribution in [1.82, 2.24) is 14.8 Å². The highest BCUT2D eigenvalue weighted by Gasteiger charge is 2.41. The summed E-state index contributed by atoms with van der Waals surface area (Å²) in [6.45, 7) is 7.75. The number of likely N-dealkylation sites (tertiary alicyclic amines) is 1.